The number of ether oxygens (including phenoxy) is 1. The van der Waals surface area contributed by atoms with Crippen molar-refractivity contribution in [3.05, 3.63) is 29.3 Å². The number of nitrogens with zero attached hydrogens (tertiary/aromatic N) is 1. The molecule has 0 radical (unpaired) electrons. The lowest BCUT2D eigenvalue weighted by Gasteiger charge is -2.22. The monoisotopic (exact) mass is 299 g/mol. The van der Waals surface area contributed by atoms with Crippen LogP contribution in [-0.4, -0.2) is 34.3 Å². The molecule has 1 rings (SSSR count). The molecule has 0 saturated heterocycles. The quantitative estimate of drug-likeness (QED) is 0.779. The van der Waals surface area contributed by atoms with Crippen LogP contribution in [0.1, 0.15) is 18.1 Å². The Labute approximate surface area is 120 Å². The second kappa shape index (κ2) is 6.26. The fraction of sp³-hybridized carbons (Fsp3) is 0.500. The van der Waals surface area contributed by atoms with E-state index in [-0.39, 0.29) is 5.75 Å². The lowest BCUT2D eigenvalue weighted by atomic mass is 10.1. The van der Waals surface area contributed by atoms with E-state index in [4.69, 9.17) is 0 Å². The van der Waals surface area contributed by atoms with Gasteiger partial charge >= 0.3 is 5.97 Å². The second-order valence-corrected chi connectivity index (χ2v) is 7.06. The molecule has 1 atom stereocenters. The summed E-state index contributed by atoms with van der Waals surface area (Å²) in [6, 6.07) is 5.57. The van der Waals surface area contributed by atoms with Crippen LogP contribution < -0.4 is 4.31 Å². The van der Waals surface area contributed by atoms with Gasteiger partial charge in [0.05, 0.1) is 24.5 Å². The van der Waals surface area contributed by atoms with Crippen molar-refractivity contribution in [3.63, 3.8) is 0 Å². The van der Waals surface area contributed by atoms with Gasteiger partial charge in [0.15, 0.2) is 0 Å². The average Bonchev–Trinajstić information content (AvgIpc) is 2.35. The van der Waals surface area contributed by atoms with E-state index >= 15 is 0 Å². The fourth-order valence-corrected chi connectivity index (χ4v) is 3.41. The number of anilines is 1. The Morgan fingerprint density at radius 3 is 2.20 bits per heavy atom. The largest absolute Gasteiger partial charge is 0.469 e. The first-order chi connectivity index (χ1) is 9.17. The number of rotatable bonds is 5. The minimum Gasteiger partial charge on any atom is -0.469 e. The Kier molecular flexibility index (Phi) is 5.16. The van der Waals surface area contributed by atoms with E-state index < -0.39 is 21.9 Å². The smallest absolute Gasteiger partial charge is 0.309 e. The molecule has 0 aromatic heterocycles. The Hall–Kier alpha value is -1.56. The number of hydrogen-bond acceptors (Lipinski definition) is 4. The summed E-state index contributed by atoms with van der Waals surface area (Å²) in [5.74, 6) is -1.50. The van der Waals surface area contributed by atoms with Crippen LogP contribution in [0.25, 0.3) is 0 Å². The number of aryl methyl sites for hydroxylation is 2. The molecule has 0 N–H and O–H groups in total. The maximum absolute atomic E-state index is 12.3. The van der Waals surface area contributed by atoms with Crippen LogP contribution in [0.2, 0.25) is 0 Å². The molecule has 0 unspecified atom stereocenters. The van der Waals surface area contributed by atoms with Crippen LogP contribution in [0, 0.1) is 19.8 Å². The normalized spacial score (nSPS) is 12.8. The average molecular weight is 299 g/mol. The zero-order valence-corrected chi connectivity index (χ0v) is 13.3. The third kappa shape index (κ3) is 3.96. The van der Waals surface area contributed by atoms with Crippen molar-refractivity contribution >= 4 is 21.7 Å². The lowest BCUT2D eigenvalue weighted by molar-refractivity contribution is -0.144. The van der Waals surface area contributed by atoms with E-state index in [2.05, 4.69) is 4.74 Å². The molecular formula is C14H21NO4S. The molecule has 5 nitrogen and oxygen atoms in total. The van der Waals surface area contributed by atoms with E-state index in [9.17, 15) is 13.2 Å². The number of carbonyl (C=O) groups is 1. The number of benzene rings is 1. The summed E-state index contributed by atoms with van der Waals surface area (Å²) in [7, 11) is -0.826. The zero-order valence-electron chi connectivity index (χ0n) is 12.5. The van der Waals surface area contributed by atoms with Crippen LogP contribution in [0.5, 0.6) is 0 Å². The van der Waals surface area contributed by atoms with Gasteiger partial charge in [-0.25, -0.2) is 8.42 Å². The van der Waals surface area contributed by atoms with Crippen molar-refractivity contribution in [2.24, 2.45) is 5.92 Å². The maximum atomic E-state index is 12.3. The van der Waals surface area contributed by atoms with Gasteiger partial charge in [0.1, 0.15) is 0 Å². The van der Waals surface area contributed by atoms with Crippen molar-refractivity contribution in [1.82, 2.24) is 0 Å². The first-order valence-corrected chi connectivity index (χ1v) is 7.91. The van der Waals surface area contributed by atoms with Crippen molar-refractivity contribution in [1.29, 1.82) is 0 Å². The van der Waals surface area contributed by atoms with Crippen LogP contribution in [-0.2, 0) is 19.6 Å². The lowest BCUT2D eigenvalue weighted by Crippen LogP contribution is -2.34. The minimum atomic E-state index is -3.57. The van der Waals surface area contributed by atoms with Gasteiger partial charge in [-0.05, 0) is 37.1 Å². The Morgan fingerprint density at radius 2 is 1.75 bits per heavy atom. The highest BCUT2D eigenvalue weighted by molar-refractivity contribution is 7.92. The molecular weight excluding hydrogens is 278 g/mol. The molecule has 0 heterocycles. The summed E-state index contributed by atoms with van der Waals surface area (Å²) in [6.07, 6.45) is 0. The summed E-state index contributed by atoms with van der Waals surface area (Å²) in [4.78, 5) is 11.4. The Bertz CT molecular complexity index is 575. The molecule has 0 spiro atoms. The zero-order chi connectivity index (χ0) is 15.5. The van der Waals surface area contributed by atoms with Crippen LogP contribution >= 0.6 is 0 Å². The SMILES string of the molecule is COC(=O)[C@H](C)CS(=O)(=O)N(C)c1cc(C)cc(C)c1. The van der Waals surface area contributed by atoms with Crippen molar-refractivity contribution in [2.75, 3.05) is 24.2 Å². The molecule has 0 bridgehead atoms. The van der Waals surface area contributed by atoms with E-state index in [1.165, 1.54) is 18.5 Å². The molecule has 0 saturated carbocycles. The van der Waals surface area contributed by atoms with Gasteiger partial charge in [-0.1, -0.05) is 13.0 Å². The molecule has 6 heteroatoms. The third-order valence-electron chi connectivity index (χ3n) is 3.05. The maximum Gasteiger partial charge on any atom is 0.309 e. The molecule has 1 aromatic rings. The minimum absolute atomic E-state index is 0.275. The van der Waals surface area contributed by atoms with Gasteiger partial charge in [-0.3, -0.25) is 9.10 Å². The number of carbonyl (C=O) groups excluding carboxylic acids is 1. The first kappa shape index (κ1) is 16.5. The topological polar surface area (TPSA) is 63.7 Å². The molecule has 0 fully saturated rings. The molecule has 0 aliphatic heterocycles. The fourth-order valence-electron chi connectivity index (χ4n) is 1.99. The number of esters is 1. The number of sulfonamides is 1. The highest BCUT2D eigenvalue weighted by Crippen LogP contribution is 2.21. The van der Waals surface area contributed by atoms with Gasteiger partial charge in [0.25, 0.3) is 0 Å². The van der Waals surface area contributed by atoms with Gasteiger partial charge in [0, 0.05) is 7.05 Å². The molecule has 112 valence electrons. The summed E-state index contributed by atoms with van der Waals surface area (Å²) in [6.45, 7) is 5.36. The summed E-state index contributed by atoms with van der Waals surface area (Å²) < 4.78 is 30.4. The van der Waals surface area contributed by atoms with Gasteiger partial charge < -0.3 is 4.74 Å². The molecule has 1 aromatic carbocycles. The van der Waals surface area contributed by atoms with Crippen LogP contribution in [0.15, 0.2) is 18.2 Å². The number of methoxy groups -OCH3 is 1. The highest BCUT2D eigenvalue weighted by atomic mass is 32.2. The molecule has 0 aliphatic rings. The predicted octanol–water partition coefficient (Wildman–Crippen LogP) is 1.88. The van der Waals surface area contributed by atoms with E-state index in [1.807, 2.05) is 19.9 Å². The summed E-state index contributed by atoms with van der Waals surface area (Å²) in [5, 5.41) is 0. The van der Waals surface area contributed by atoms with Gasteiger partial charge in [0.2, 0.25) is 10.0 Å². The predicted molar refractivity (Wildman–Crippen MR) is 79.3 cm³/mol. The standard InChI is InChI=1S/C14H21NO4S/c1-10-6-11(2)8-13(7-10)15(4)20(17,18)9-12(3)14(16)19-5/h6-8,12H,9H2,1-5H3/t12-/m1/s1. The second-order valence-electron chi connectivity index (χ2n) is 5.02. The van der Waals surface area contributed by atoms with Gasteiger partial charge in [-0.15, -0.1) is 0 Å². The highest BCUT2D eigenvalue weighted by Gasteiger charge is 2.26. The first-order valence-electron chi connectivity index (χ1n) is 6.30. The van der Waals surface area contributed by atoms with Gasteiger partial charge in [-0.2, -0.15) is 0 Å². The van der Waals surface area contributed by atoms with Crippen molar-refractivity contribution in [2.45, 2.75) is 20.8 Å². The Balaban J connectivity index is 3.00. The molecule has 0 aliphatic carbocycles. The van der Waals surface area contributed by atoms with Crippen molar-refractivity contribution in [3.8, 4) is 0 Å². The van der Waals surface area contributed by atoms with Crippen LogP contribution in [0.3, 0.4) is 0 Å². The molecule has 0 amide bonds. The Morgan fingerprint density at radius 1 is 1.25 bits per heavy atom. The summed E-state index contributed by atoms with van der Waals surface area (Å²) in [5.41, 5.74) is 2.57. The van der Waals surface area contributed by atoms with E-state index in [0.717, 1.165) is 11.1 Å². The third-order valence-corrected chi connectivity index (χ3v) is 5.02. The number of hydrogen-bond donors (Lipinski definition) is 0. The van der Waals surface area contributed by atoms with Crippen molar-refractivity contribution < 1.29 is 17.9 Å². The van der Waals surface area contributed by atoms with E-state index in [0.29, 0.717) is 5.69 Å². The molecule has 20 heavy (non-hydrogen) atoms. The van der Waals surface area contributed by atoms with E-state index in [1.54, 1.807) is 19.1 Å². The van der Waals surface area contributed by atoms with Crippen LogP contribution in [0.4, 0.5) is 5.69 Å². The summed E-state index contributed by atoms with van der Waals surface area (Å²) >= 11 is 0.